The fourth-order valence-corrected chi connectivity index (χ4v) is 4.12. The summed E-state index contributed by atoms with van der Waals surface area (Å²) >= 11 is 6.07. The van der Waals surface area contributed by atoms with Crippen LogP contribution < -0.4 is 5.32 Å². The van der Waals surface area contributed by atoms with Crippen LogP contribution in [0, 0.1) is 11.3 Å². The van der Waals surface area contributed by atoms with Crippen LogP contribution in [0.15, 0.2) is 18.2 Å². The van der Waals surface area contributed by atoms with Crippen LogP contribution in [0.3, 0.4) is 0 Å². The lowest BCUT2D eigenvalue weighted by Crippen LogP contribution is -2.39. The lowest BCUT2D eigenvalue weighted by atomic mass is 10.1. The predicted octanol–water partition coefficient (Wildman–Crippen LogP) is 1.88. The lowest BCUT2D eigenvalue weighted by molar-refractivity contribution is 0.480. The minimum atomic E-state index is -2.90. The largest absolute Gasteiger partial charge is 0.309 e. The summed E-state index contributed by atoms with van der Waals surface area (Å²) in [5, 5.41) is 12.5. The van der Waals surface area contributed by atoms with Crippen LogP contribution >= 0.6 is 11.6 Å². The molecule has 1 aromatic carbocycles. The Labute approximate surface area is 118 Å². The molecule has 4 nitrogen and oxygen atoms in total. The summed E-state index contributed by atoms with van der Waals surface area (Å²) in [5.74, 6) is 0.490. The fourth-order valence-electron chi connectivity index (χ4n) is 2.20. The van der Waals surface area contributed by atoms with E-state index in [1.807, 2.05) is 6.07 Å². The van der Waals surface area contributed by atoms with Crippen molar-refractivity contribution in [3.05, 3.63) is 34.3 Å². The molecule has 1 aliphatic rings. The Morgan fingerprint density at radius 2 is 2.26 bits per heavy atom. The van der Waals surface area contributed by atoms with E-state index in [-0.39, 0.29) is 11.8 Å². The van der Waals surface area contributed by atoms with Gasteiger partial charge in [0.15, 0.2) is 9.84 Å². The van der Waals surface area contributed by atoms with Crippen LogP contribution in [0.2, 0.25) is 5.02 Å². The van der Waals surface area contributed by atoms with Crippen molar-refractivity contribution in [3.63, 3.8) is 0 Å². The summed E-state index contributed by atoms with van der Waals surface area (Å²) in [4.78, 5) is 0. The normalized spacial score (nSPS) is 21.8. The van der Waals surface area contributed by atoms with E-state index in [0.29, 0.717) is 29.3 Å². The molecule has 1 heterocycles. The highest BCUT2D eigenvalue weighted by Gasteiger charge is 2.24. The lowest BCUT2D eigenvalue weighted by Gasteiger charge is -2.23. The molecule has 0 aromatic heterocycles. The average Bonchev–Trinajstić information content (AvgIpc) is 2.36. The van der Waals surface area contributed by atoms with Gasteiger partial charge < -0.3 is 5.32 Å². The van der Waals surface area contributed by atoms with Crippen molar-refractivity contribution in [2.75, 3.05) is 11.5 Å². The smallest absolute Gasteiger partial charge is 0.151 e. The van der Waals surface area contributed by atoms with E-state index in [2.05, 4.69) is 5.32 Å². The van der Waals surface area contributed by atoms with Crippen LogP contribution in [0.5, 0.6) is 0 Å². The van der Waals surface area contributed by atoms with Gasteiger partial charge in [-0.2, -0.15) is 5.26 Å². The molecule has 1 aliphatic heterocycles. The second-order valence-corrected chi connectivity index (χ2v) is 7.39. The van der Waals surface area contributed by atoms with E-state index in [9.17, 15) is 8.42 Å². The van der Waals surface area contributed by atoms with Gasteiger partial charge in [-0.05, 0) is 30.5 Å². The first-order valence-corrected chi connectivity index (χ1v) is 8.32. The van der Waals surface area contributed by atoms with Crippen molar-refractivity contribution in [3.8, 4) is 6.07 Å². The number of nitrogens with one attached hydrogen (secondary N) is 1. The Balaban J connectivity index is 1.98. The summed E-state index contributed by atoms with van der Waals surface area (Å²) in [6.45, 7) is 0.519. The molecule has 6 heteroatoms. The van der Waals surface area contributed by atoms with Gasteiger partial charge in [0.2, 0.25) is 0 Å². The standard InChI is InChI=1S/C13H15ClN2O2S/c14-13-6-10(7-15)3-4-11(13)8-16-12-2-1-5-19(17,18)9-12/h3-4,6,12,16H,1-2,5,8-9H2. The highest BCUT2D eigenvalue weighted by atomic mass is 35.5. The first kappa shape index (κ1) is 14.3. The highest BCUT2D eigenvalue weighted by molar-refractivity contribution is 7.91. The maximum Gasteiger partial charge on any atom is 0.151 e. The molecule has 0 aliphatic carbocycles. The minimum Gasteiger partial charge on any atom is -0.309 e. The maximum absolute atomic E-state index is 11.5. The van der Waals surface area contributed by atoms with Gasteiger partial charge in [0.1, 0.15) is 0 Å². The SMILES string of the molecule is N#Cc1ccc(CNC2CCCS(=O)(=O)C2)c(Cl)c1. The number of nitriles is 1. The van der Waals surface area contributed by atoms with Gasteiger partial charge in [0, 0.05) is 17.6 Å². The van der Waals surface area contributed by atoms with Gasteiger partial charge in [0.25, 0.3) is 0 Å². The van der Waals surface area contributed by atoms with Crippen molar-refractivity contribution in [1.29, 1.82) is 5.26 Å². The van der Waals surface area contributed by atoms with Crippen LogP contribution in [0.4, 0.5) is 0 Å². The zero-order chi connectivity index (χ0) is 13.9. The third-order valence-electron chi connectivity index (χ3n) is 3.23. The van der Waals surface area contributed by atoms with Crippen LogP contribution in [0.1, 0.15) is 24.0 Å². The molecule has 1 atom stereocenters. The zero-order valence-electron chi connectivity index (χ0n) is 10.4. The first-order chi connectivity index (χ1) is 9.00. The number of halogens is 1. The van der Waals surface area contributed by atoms with E-state index in [1.165, 1.54) is 0 Å². The highest BCUT2D eigenvalue weighted by Crippen LogP contribution is 2.19. The predicted molar refractivity (Wildman–Crippen MR) is 74.7 cm³/mol. The number of nitrogens with zero attached hydrogens (tertiary/aromatic N) is 1. The van der Waals surface area contributed by atoms with Gasteiger partial charge >= 0.3 is 0 Å². The molecule has 2 rings (SSSR count). The van der Waals surface area contributed by atoms with Crippen molar-refractivity contribution in [1.82, 2.24) is 5.32 Å². The molecular formula is C13H15ClN2O2S. The number of sulfone groups is 1. The third-order valence-corrected chi connectivity index (χ3v) is 5.40. The summed E-state index contributed by atoms with van der Waals surface area (Å²) in [7, 11) is -2.90. The van der Waals surface area contributed by atoms with E-state index >= 15 is 0 Å². The second-order valence-electron chi connectivity index (χ2n) is 4.75. The molecule has 0 saturated carbocycles. The van der Waals surface area contributed by atoms with Gasteiger partial charge in [-0.3, -0.25) is 0 Å². The maximum atomic E-state index is 11.5. The molecule has 1 unspecified atom stereocenters. The summed E-state index contributed by atoms with van der Waals surface area (Å²) in [5.41, 5.74) is 1.40. The van der Waals surface area contributed by atoms with Crippen molar-refractivity contribution >= 4 is 21.4 Å². The Kier molecular flexibility index (Phi) is 4.46. The molecule has 1 fully saturated rings. The van der Waals surface area contributed by atoms with E-state index < -0.39 is 9.84 Å². The number of hydrogen-bond donors (Lipinski definition) is 1. The van der Waals surface area contributed by atoms with Gasteiger partial charge in [-0.25, -0.2) is 8.42 Å². The van der Waals surface area contributed by atoms with Gasteiger partial charge in [-0.1, -0.05) is 17.7 Å². The van der Waals surface area contributed by atoms with E-state index in [0.717, 1.165) is 12.0 Å². The molecule has 0 radical (unpaired) electrons. The zero-order valence-corrected chi connectivity index (χ0v) is 12.0. The second kappa shape index (κ2) is 5.91. The topological polar surface area (TPSA) is 70.0 Å². The molecule has 1 aromatic rings. The van der Waals surface area contributed by atoms with Crippen molar-refractivity contribution in [2.24, 2.45) is 0 Å². The number of benzene rings is 1. The fraction of sp³-hybridized carbons (Fsp3) is 0.462. The van der Waals surface area contributed by atoms with Crippen LogP contribution in [-0.2, 0) is 16.4 Å². The summed E-state index contributed by atoms with van der Waals surface area (Å²) < 4.78 is 23.0. The summed E-state index contributed by atoms with van der Waals surface area (Å²) in [6.07, 6.45) is 1.58. The monoisotopic (exact) mass is 298 g/mol. The van der Waals surface area contributed by atoms with Crippen molar-refractivity contribution in [2.45, 2.75) is 25.4 Å². The van der Waals surface area contributed by atoms with Crippen molar-refractivity contribution < 1.29 is 8.42 Å². The van der Waals surface area contributed by atoms with Crippen LogP contribution in [-0.4, -0.2) is 26.0 Å². The van der Waals surface area contributed by atoms with Gasteiger partial charge in [-0.15, -0.1) is 0 Å². The molecule has 102 valence electrons. The van der Waals surface area contributed by atoms with E-state index in [4.69, 9.17) is 16.9 Å². The van der Waals surface area contributed by atoms with E-state index in [1.54, 1.807) is 18.2 Å². The van der Waals surface area contributed by atoms with Gasteiger partial charge in [0.05, 0.1) is 23.1 Å². The molecule has 1 N–H and O–H groups in total. The first-order valence-electron chi connectivity index (χ1n) is 6.12. The number of rotatable bonds is 3. The molecule has 1 saturated heterocycles. The molecular weight excluding hydrogens is 284 g/mol. The third kappa shape index (κ3) is 3.93. The quantitative estimate of drug-likeness (QED) is 0.925. The molecule has 19 heavy (non-hydrogen) atoms. The molecule has 0 bridgehead atoms. The Hall–Kier alpha value is -1.09. The Morgan fingerprint density at radius 1 is 1.47 bits per heavy atom. The summed E-state index contributed by atoms with van der Waals surface area (Å²) in [6, 6.07) is 7.15. The number of hydrogen-bond acceptors (Lipinski definition) is 4. The molecule has 0 amide bonds. The average molecular weight is 299 g/mol. The Bertz CT molecular complexity index is 608. The Morgan fingerprint density at radius 3 is 2.89 bits per heavy atom. The minimum absolute atomic E-state index is 0.00883. The molecule has 0 spiro atoms. The van der Waals surface area contributed by atoms with Crippen LogP contribution in [0.25, 0.3) is 0 Å².